The molecule has 1 unspecified atom stereocenters. The van der Waals surface area contributed by atoms with Crippen molar-refractivity contribution in [3.05, 3.63) is 35.9 Å². The minimum Gasteiger partial charge on any atom is -0.468 e. The molecule has 1 rings (SSSR count). The number of hydrogen-bond donors (Lipinski definition) is 0. The van der Waals surface area contributed by atoms with Crippen LogP contribution in [0.2, 0.25) is 0 Å². The van der Waals surface area contributed by atoms with Crippen LogP contribution in [0, 0.1) is 0 Å². The zero-order chi connectivity index (χ0) is 12.2. The lowest BCUT2D eigenvalue weighted by Crippen LogP contribution is -2.24. The fourth-order valence-electron chi connectivity index (χ4n) is 1.25. The molecule has 88 valence electrons. The van der Waals surface area contributed by atoms with E-state index in [4.69, 9.17) is 0 Å². The Balaban J connectivity index is 3.23. The van der Waals surface area contributed by atoms with Gasteiger partial charge in [0.1, 0.15) is 0 Å². The SMILES string of the molecule is COC(=O)C(c1ccccc1)S(=O)(=O)OC. The largest absolute Gasteiger partial charge is 0.468 e. The maximum absolute atomic E-state index is 11.6. The minimum absolute atomic E-state index is 0.316. The predicted molar refractivity (Wildman–Crippen MR) is 57.1 cm³/mol. The van der Waals surface area contributed by atoms with Gasteiger partial charge >= 0.3 is 5.97 Å². The first-order valence-corrected chi connectivity index (χ1v) is 5.92. The van der Waals surface area contributed by atoms with E-state index in [0.717, 1.165) is 14.2 Å². The number of rotatable bonds is 4. The minimum atomic E-state index is -4.00. The van der Waals surface area contributed by atoms with E-state index in [1.807, 2.05) is 0 Å². The molecule has 0 saturated carbocycles. The number of benzene rings is 1. The fourth-order valence-corrected chi connectivity index (χ4v) is 2.27. The molecule has 0 aromatic heterocycles. The van der Waals surface area contributed by atoms with Crippen LogP contribution in [-0.2, 0) is 23.8 Å². The lowest BCUT2D eigenvalue weighted by Gasteiger charge is -2.13. The molecule has 1 aromatic rings. The Hall–Kier alpha value is -1.40. The predicted octanol–water partition coefficient (Wildman–Crippen LogP) is 0.877. The van der Waals surface area contributed by atoms with Gasteiger partial charge in [-0.1, -0.05) is 30.3 Å². The fraction of sp³-hybridized carbons (Fsp3) is 0.300. The molecule has 0 N–H and O–H groups in total. The van der Waals surface area contributed by atoms with E-state index in [1.165, 1.54) is 12.1 Å². The second-order valence-electron chi connectivity index (χ2n) is 2.97. The van der Waals surface area contributed by atoms with E-state index in [2.05, 4.69) is 8.92 Å². The number of ether oxygens (including phenoxy) is 1. The molecule has 0 aliphatic carbocycles. The van der Waals surface area contributed by atoms with Crippen LogP contribution in [0.4, 0.5) is 0 Å². The monoisotopic (exact) mass is 244 g/mol. The summed E-state index contributed by atoms with van der Waals surface area (Å²) in [5.74, 6) is -0.868. The number of methoxy groups -OCH3 is 1. The van der Waals surface area contributed by atoms with E-state index in [1.54, 1.807) is 18.2 Å². The highest BCUT2D eigenvalue weighted by Gasteiger charge is 2.35. The van der Waals surface area contributed by atoms with Gasteiger partial charge in [-0.2, -0.15) is 8.42 Å². The molecule has 0 aliphatic rings. The van der Waals surface area contributed by atoms with Crippen LogP contribution < -0.4 is 0 Å². The van der Waals surface area contributed by atoms with Gasteiger partial charge < -0.3 is 4.74 Å². The third-order valence-electron chi connectivity index (χ3n) is 2.04. The van der Waals surface area contributed by atoms with Crippen molar-refractivity contribution in [1.29, 1.82) is 0 Å². The highest BCUT2D eigenvalue weighted by atomic mass is 32.2. The second kappa shape index (κ2) is 5.09. The molecule has 0 spiro atoms. The average Bonchev–Trinajstić information content (AvgIpc) is 2.30. The summed E-state index contributed by atoms with van der Waals surface area (Å²) < 4.78 is 32.0. The summed E-state index contributed by atoms with van der Waals surface area (Å²) in [4.78, 5) is 11.4. The summed E-state index contributed by atoms with van der Waals surface area (Å²) in [5.41, 5.74) is 0.316. The number of hydrogen-bond acceptors (Lipinski definition) is 5. The third-order valence-corrected chi connectivity index (χ3v) is 3.55. The Bertz CT molecular complexity index is 451. The van der Waals surface area contributed by atoms with Crippen molar-refractivity contribution in [2.75, 3.05) is 14.2 Å². The Morgan fingerprint density at radius 1 is 1.19 bits per heavy atom. The van der Waals surface area contributed by atoms with Crippen LogP contribution in [0.25, 0.3) is 0 Å². The van der Waals surface area contributed by atoms with Crippen molar-refractivity contribution in [2.24, 2.45) is 0 Å². The maximum atomic E-state index is 11.6. The van der Waals surface area contributed by atoms with Crippen molar-refractivity contribution in [1.82, 2.24) is 0 Å². The first-order valence-electron chi connectivity index (χ1n) is 4.45. The van der Waals surface area contributed by atoms with Crippen LogP contribution in [0.3, 0.4) is 0 Å². The Morgan fingerprint density at radius 2 is 1.75 bits per heavy atom. The molecule has 0 amide bonds. The topological polar surface area (TPSA) is 69.7 Å². The Morgan fingerprint density at radius 3 is 2.19 bits per heavy atom. The molecule has 0 heterocycles. The quantitative estimate of drug-likeness (QED) is 0.580. The van der Waals surface area contributed by atoms with Gasteiger partial charge in [0.15, 0.2) is 0 Å². The van der Waals surface area contributed by atoms with Gasteiger partial charge in [0.2, 0.25) is 5.25 Å². The van der Waals surface area contributed by atoms with Crippen molar-refractivity contribution < 1.29 is 22.1 Å². The van der Waals surface area contributed by atoms with Gasteiger partial charge in [-0.3, -0.25) is 8.98 Å². The zero-order valence-corrected chi connectivity index (χ0v) is 9.73. The highest BCUT2D eigenvalue weighted by molar-refractivity contribution is 7.87. The normalized spacial score (nSPS) is 13.1. The molecule has 0 fully saturated rings. The molecule has 0 bridgehead atoms. The Labute approximate surface area is 94.1 Å². The molecule has 0 radical (unpaired) electrons. The maximum Gasteiger partial charge on any atom is 0.331 e. The van der Waals surface area contributed by atoms with Gasteiger partial charge in [0.25, 0.3) is 10.1 Å². The van der Waals surface area contributed by atoms with E-state index in [-0.39, 0.29) is 0 Å². The molecular weight excluding hydrogens is 232 g/mol. The molecule has 0 saturated heterocycles. The summed E-state index contributed by atoms with van der Waals surface area (Å²) >= 11 is 0. The summed E-state index contributed by atoms with van der Waals surface area (Å²) in [5, 5.41) is -1.44. The molecule has 5 nitrogen and oxygen atoms in total. The smallest absolute Gasteiger partial charge is 0.331 e. The zero-order valence-electron chi connectivity index (χ0n) is 8.91. The van der Waals surface area contributed by atoms with Gasteiger partial charge in [0, 0.05) is 0 Å². The summed E-state index contributed by atoms with van der Waals surface area (Å²) in [7, 11) is -1.86. The lowest BCUT2D eigenvalue weighted by atomic mass is 10.1. The van der Waals surface area contributed by atoms with Gasteiger partial charge in [-0.05, 0) is 5.56 Å². The summed E-state index contributed by atoms with van der Waals surface area (Å²) in [6, 6.07) is 8.04. The van der Waals surface area contributed by atoms with Crippen molar-refractivity contribution in [3.63, 3.8) is 0 Å². The van der Waals surface area contributed by atoms with E-state index < -0.39 is 21.3 Å². The van der Waals surface area contributed by atoms with Crippen LogP contribution in [0.15, 0.2) is 30.3 Å². The Kier molecular flexibility index (Phi) is 4.03. The molecule has 1 aromatic carbocycles. The first kappa shape index (κ1) is 12.7. The van der Waals surface area contributed by atoms with Gasteiger partial charge in [0.05, 0.1) is 14.2 Å². The molecule has 0 aliphatic heterocycles. The van der Waals surface area contributed by atoms with Gasteiger partial charge in [-0.15, -0.1) is 0 Å². The van der Waals surface area contributed by atoms with Crippen molar-refractivity contribution in [3.8, 4) is 0 Å². The molecule has 6 heteroatoms. The average molecular weight is 244 g/mol. The van der Waals surface area contributed by atoms with Crippen LogP contribution >= 0.6 is 0 Å². The summed E-state index contributed by atoms with van der Waals surface area (Å²) in [6.07, 6.45) is 0. The molecule has 1 atom stereocenters. The number of esters is 1. The first-order chi connectivity index (χ1) is 7.53. The molecular formula is C10H12O5S. The van der Waals surface area contributed by atoms with Crippen LogP contribution in [0.5, 0.6) is 0 Å². The number of carbonyl (C=O) groups excluding carboxylic acids is 1. The standard InChI is InChI=1S/C10H12O5S/c1-14-10(11)9(16(12,13)15-2)8-6-4-3-5-7-8/h3-7,9H,1-2H3. The third kappa shape index (κ3) is 2.59. The van der Waals surface area contributed by atoms with Crippen molar-refractivity contribution in [2.45, 2.75) is 5.25 Å². The van der Waals surface area contributed by atoms with E-state index in [9.17, 15) is 13.2 Å². The number of carbonyl (C=O) groups is 1. The van der Waals surface area contributed by atoms with Gasteiger partial charge in [-0.25, -0.2) is 0 Å². The second-order valence-corrected chi connectivity index (χ2v) is 4.76. The van der Waals surface area contributed by atoms with Crippen LogP contribution in [-0.4, -0.2) is 28.6 Å². The van der Waals surface area contributed by atoms with E-state index >= 15 is 0 Å². The molecule has 16 heavy (non-hydrogen) atoms. The summed E-state index contributed by atoms with van der Waals surface area (Å²) in [6.45, 7) is 0. The lowest BCUT2D eigenvalue weighted by molar-refractivity contribution is -0.140. The van der Waals surface area contributed by atoms with E-state index in [0.29, 0.717) is 5.56 Å². The van der Waals surface area contributed by atoms with Crippen molar-refractivity contribution >= 4 is 16.1 Å². The van der Waals surface area contributed by atoms with Crippen LogP contribution in [0.1, 0.15) is 10.8 Å². The highest BCUT2D eigenvalue weighted by Crippen LogP contribution is 2.24.